The molecule has 0 bridgehead atoms. The molecule has 0 heterocycles. The van der Waals surface area contributed by atoms with Crippen LogP contribution in [0.25, 0.3) is 0 Å². The molecule has 0 radical (unpaired) electrons. The first-order valence-electron chi connectivity index (χ1n) is 0.548. The van der Waals surface area contributed by atoms with E-state index in [0.717, 1.165) is 0 Å². The molecule has 0 aliphatic rings. The van der Waals surface area contributed by atoms with Gasteiger partial charge >= 0.3 is 20.4 Å². The Kier molecular flexibility index (Phi) is 71.5. The molecule has 6 nitrogen and oxygen atoms in total. The van der Waals surface area contributed by atoms with Crippen LogP contribution in [0.3, 0.4) is 0 Å². The maximum absolute atomic E-state index is 8.25. The Bertz CT molecular complexity index is 31.1. The molecule has 7 heavy (non-hydrogen) atoms. The van der Waals surface area contributed by atoms with E-state index in [1.165, 1.54) is 0 Å². The van der Waals surface area contributed by atoms with Crippen LogP contribution in [0.5, 0.6) is 0 Å². The molecular weight excluding hydrogens is 200 g/mol. The fourth-order valence-electron chi connectivity index (χ4n) is 0. The second kappa shape index (κ2) is 17.1. The Morgan fingerprint density at radius 1 is 1.14 bits per heavy atom. The smallest absolute Gasteiger partial charge is 0.412 e. The first-order chi connectivity index (χ1) is 1.73. The first kappa shape index (κ1) is 29.3. The molecule has 48 valence electrons. The van der Waals surface area contributed by atoms with E-state index in [0.29, 0.717) is 0 Å². The Morgan fingerprint density at radius 2 is 1.14 bits per heavy atom. The van der Waals surface area contributed by atoms with E-state index in [-0.39, 0.29) is 31.4 Å². The number of rotatable bonds is 0. The van der Waals surface area contributed by atoms with Gasteiger partial charge in [0.25, 0.3) is 0 Å². The molecule has 0 saturated heterocycles. The van der Waals surface area contributed by atoms with Crippen molar-refractivity contribution < 1.29 is 36.5 Å². The van der Waals surface area contributed by atoms with Crippen molar-refractivity contribution in [3.8, 4) is 0 Å². The summed E-state index contributed by atoms with van der Waals surface area (Å²) in [7, 11) is 0. The molecule has 0 amide bonds. The van der Waals surface area contributed by atoms with Crippen LogP contribution in [-0.2, 0) is 20.4 Å². The average Bonchev–Trinajstić information content (AvgIpc) is 0.811. The van der Waals surface area contributed by atoms with Crippen molar-refractivity contribution in [1.82, 2.24) is 0 Å². The summed E-state index contributed by atoms with van der Waals surface area (Å²) in [5.41, 5.74) is 0. The summed E-state index contributed by atoms with van der Waals surface area (Å²) in [5.74, 6) is 0. The largest absolute Gasteiger partial charge is 2.00 e. The van der Waals surface area contributed by atoms with E-state index >= 15 is 0 Å². The Hall–Kier alpha value is -0.218. The predicted molar refractivity (Wildman–Crippen MR) is 17.6 cm³/mol. The van der Waals surface area contributed by atoms with E-state index in [9.17, 15) is 0 Å². The van der Waals surface area contributed by atoms with Crippen LogP contribution in [0, 0.1) is 15.3 Å². The van der Waals surface area contributed by atoms with Crippen molar-refractivity contribution in [3.63, 3.8) is 0 Å². The third kappa shape index (κ3) is 1750. The fourth-order valence-corrected chi connectivity index (χ4v) is 0. The summed E-state index contributed by atoms with van der Waals surface area (Å²) in [6.45, 7) is 0. The van der Waals surface area contributed by atoms with Crippen LogP contribution in [0.4, 0.5) is 0 Å². The SMILES string of the molecule is O.O.O=[N+]([O-])[O-].[Pd+2]. The average molecular weight is 204 g/mol. The van der Waals surface area contributed by atoms with Crippen LogP contribution in [0.1, 0.15) is 0 Å². The van der Waals surface area contributed by atoms with Gasteiger partial charge in [0, 0.05) is 0 Å². The van der Waals surface area contributed by atoms with Crippen LogP contribution in [0.15, 0.2) is 0 Å². The molecule has 0 unspecified atom stereocenters. The van der Waals surface area contributed by atoms with Gasteiger partial charge in [-0.15, -0.1) is 0 Å². The van der Waals surface area contributed by atoms with Crippen LogP contribution in [0.2, 0.25) is 0 Å². The molecule has 0 aromatic heterocycles. The molecule has 0 rings (SSSR count). The van der Waals surface area contributed by atoms with Gasteiger partial charge in [-0.1, -0.05) is 0 Å². The van der Waals surface area contributed by atoms with E-state index < -0.39 is 5.09 Å². The fraction of sp³-hybridized carbons (Fsp3) is 0. The zero-order valence-electron chi connectivity index (χ0n) is 2.99. The molecular formula is H4NO5Pd+. The zero-order chi connectivity index (χ0) is 3.58. The van der Waals surface area contributed by atoms with Crippen LogP contribution in [-0.4, -0.2) is 16.0 Å². The molecule has 0 spiro atoms. The second-order valence-corrected chi connectivity index (χ2v) is 0.224. The van der Waals surface area contributed by atoms with Crippen molar-refractivity contribution in [2.75, 3.05) is 0 Å². The monoisotopic (exact) mass is 204 g/mol. The maximum atomic E-state index is 8.25. The standard InChI is InChI=1S/NO3.2H2O.Pd/c2-1(3)4;;;/h;2*1H2;/q-1;;;+2. The summed E-state index contributed by atoms with van der Waals surface area (Å²) in [6.07, 6.45) is 0. The van der Waals surface area contributed by atoms with Crippen molar-refractivity contribution in [2.24, 2.45) is 0 Å². The van der Waals surface area contributed by atoms with Gasteiger partial charge in [0.1, 0.15) is 0 Å². The van der Waals surface area contributed by atoms with Crippen molar-refractivity contribution in [1.29, 1.82) is 0 Å². The topological polar surface area (TPSA) is 129 Å². The van der Waals surface area contributed by atoms with E-state index in [4.69, 9.17) is 15.3 Å². The summed E-state index contributed by atoms with van der Waals surface area (Å²) in [5, 5.41) is 14.8. The zero-order valence-corrected chi connectivity index (χ0v) is 4.54. The summed E-state index contributed by atoms with van der Waals surface area (Å²) >= 11 is 0. The normalized spacial score (nSPS) is 3.43. The van der Waals surface area contributed by atoms with Gasteiger partial charge in [-0.05, 0) is 0 Å². The molecule has 0 atom stereocenters. The quantitative estimate of drug-likeness (QED) is 0.260. The van der Waals surface area contributed by atoms with Gasteiger partial charge in [-0.3, -0.25) is 0 Å². The van der Waals surface area contributed by atoms with E-state index in [1.54, 1.807) is 0 Å². The summed E-state index contributed by atoms with van der Waals surface area (Å²) < 4.78 is 0. The third-order valence-electron chi connectivity index (χ3n) is 0. The van der Waals surface area contributed by atoms with E-state index in [1.807, 2.05) is 0 Å². The second-order valence-electron chi connectivity index (χ2n) is 0.224. The molecule has 0 fully saturated rings. The summed E-state index contributed by atoms with van der Waals surface area (Å²) in [4.78, 5) is 8.25. The first-order valence-corrected chi connectivity index (χ1v) is 0.548. The minimum atomic E-state index is -1.75. The van der Waals surface area contributed by atoms with Crippen LogP contribution >= 0.6 is 0 Å². The van der Waals surface area contributed by atoms with Gasteiger partial charge in [0.2, 0.25) is 0 Å². The minimum absolute atomic E-state index is 0. The molecule has 0 aromatic rings. The maximum Gasteiger partial charge on any atom is 2.00 e. The Labute approximate surface area is 52.5 Å². The molecule has 0 saturated carbocycles. The Morgan fingerprint density at radius 3 is 1.14 bits per heavy atom. The minimum Gasteiger partial charge on any atom is -0.412 e. The Balaban J connectivity index is -0.0000000150. The molecule has 0 aromatic carbocycles. The van der Waals surface area contributed by atoms with Gasteiger partial charge in [-0.2, -0.15) is 0 Å². The summed E-state index contributed by atoms with van der Waals surface area (Å²) in [6, 6.07) is 0. The van der Waals surface area contributed by atoms with Crippen molar-refractivity contribution in [2.45, 2.75) is 0 Å². The number of hydrogen-bond donors (Lipinski definition) is 0. The number of nitrogens with zero attached hydrogens (tertiary/aromatic N) is 1. The van der Waals surface area contributed by atoms with Gasteiger partial charge < -0.3 is 26.3 Å². The molecule has 0 aliphatic carbocycles. The number of hydrogen-bond acceptors (Lipinski definition) is 3. The molecule has 4 N–H and O–H groups in total. The molecule has 7 heteroatoms. The van der Waals surface area contributed by atoms with E-state index in [2.05, 4.69) is 0 Å². The third-order valence-corrected chi connectivity index (χ3v) is 0. The van der Waals surface area contributed by atoms with Gasteiger partial charge in [0.15, 0.2) is 0 Å². The van der Waals surface area contributed by atoms with Gasteiger partial charge in [0.05, 0.1) is 5.09 Å². The predicted octanol–water partition coefficient (Wildman–Crippen LogP) is -1.89. The van der Waals surface area contributed by atoms with Crippen molar-refractivity contribution >= 4 is 0 Å². The van der Waals surface area contributed by atoms with Gasteiger partial charge in [-0.25, -0.2) is 0 Å². The molecule has 0 aliphatic heterocycles. The van der Waals surface area contributed by atoms with Crippen molar-refractivity contribution in [3.05, 3.63) is 15.3 Å². The van der Waals surface area contributed by atoms with Crippen LogP contribution < -0.4 is 0 Å².